The summed E-state index contributed by atoms with van der Waals surface area (Å²) in [5.41, 5.74) is 0.541. The molecule has 4 aliphatic carbocycles. The number of hydrogen-bond acceptors (Lipinski definition) is 1. The Labute approximate surface area is 229 Å². The first-order valence-corrected chi connectivity index (χ1v) is 15.8. The standard InChI is InChI=1S/C34H51F3O/c1-23(22-38-27-14-11-26(12-15-27)34(35,36)37)8-7-9-24(2)29-17-18-30-28-16-13-25-10-5-6-20-32(25,3)31(28)19-21-33(29,30)4/h11-12,14-15,23-25,28-31H,5-10,13,16-22H2,1-4H3/t23?,24-,25?,28+,29-,30+,31+,32+,33-/m1/s1. The van der Waals surface area contributed by atoms with Crippen LogP contribution in [0.5, 0.6) is 5.75 Å². The summed E-state index contributed by atoms with van der Waals surface area (Å²) in [6, 6.07) is 5.08. The van der Waals surface area contributed by atoms with E-state index in [-0.39, 0.29) is 0 Å². The van der Waals surface area contributed by atoms with Gasteiger partial charge in [-0.05, 0) is 134 Å². The van der Waals surface area contributed by atoms with Crippen LogP contribution in [0.1, 0.15) is 117 Å². The van der Waals surface area contributed by atoms with Gasteiger partial charge in [0.1, 0.15) is 5.75 Å². The number of fused-ring (bicyclic) bond motifs is 5. The number of halogens is 3. The topological polar surface area (TPSA) is 9.23 Å². The van der Waals surface area contributed by atoms with Crippen LogP contribution < -0.4 is 4.74 Å². The molecule has 1 aromatic rings. The second kappa shape index (κ2) is 11.0. The first kappa shape index (κ1) is 28.3. The maximum absolute atomic E-state index is 12.8. The van der Waals surface area contributed by atoms with Gasteiger partial charge in [0.05, 0.1) is 12.2 Å². The molecule has 0 bridgehead atoms. The van der Waals surface area contributed by atoms with Crippen LogP contribution in [0.4, 0.5) is 13.2 Å². The first-order chi connectivity index (χ1) is 18.0. The molecular weight excluding hydrogens is 481 g/mol. The molecule has 0 heterocycles. The fourth-order valence-corrected chi connectivity index (χ4v) is 10.3. The lowest BCUT2D eigenvalue weighted by molar-refractivity contribution is -0.137. The molecule has 1 aromatic carbocycles. The highest BCUT2D eigenvalue weighted by molar-refractivity contribution is 5.28. The van der Waals surface area contributed by atoms with Gasteiger partial charge in [-0.2, -0.15) is 13.2 Å². The van der Waals surface area contributed by atoms with Gasteiger partial charge in [-0.3, -0.25) is 0 Å². The fraction of sp³-hybridized carbons (Fsp3) is 0.824. The lowest BCUT2D eigenvalue weighted by atomic mass is 9.44. The lowest BCUT2D eigenvalue weighted by Gasteiger charge is -2.61. The number of ether oxygens (including phenoxy) is 1. The SMILES string of the molecule is CC(CCC[C@@H](C)[C@H]1CC[C@H]2[C@@H]3CCC4CCCC[C@]4(C)[C@H]3CC[C@]12C)COc1ccc(C(F)(F)F)cc1. The van der Waals surface area contributed by atoms with E-state index in [1.54, 1.807) is 0 Å². The minimum Gasteiger partial charge on any atom is -0.493 e. The van der Waals surface area contributed by atoms with Crippen molar-refractivity contribution in [1.29, 1.82) is 0 Å². The third-order valence-corrected chi connectivity index (χ3v) is 12.4. The van der Waals surface area contributed by atoms with E-state index in [0.717, 1.165) is 54.1 Å². The summed E-state index contributed by atoms with van der Waals surface area (Å²) in [7, 11) is 0. The van der Waals surface area contributed by atoms with Gasteiger partial charge in [-0.15, -0.1) is 0 Å². The van der Waals surface area contributed by atoms with E-state index < -0.39 is 11.7 Å². The predicted octanol–water partition coefficient (Wildman–Crippen LogP) is 10.6. The molecule has 1 nitrogen and oxygen atoms in total. The van der Waals surface area contributed by atoms with Gasteiger partial charge in [-0.1, -0.05) is 53.4 Å². The number of hydrogen-bond donors (Lipinski definition) is 0. The molecule has 0 spiro atoms. The lowest BCUT2D eigenvalue weighted by Crippen LogP contribution is -2.53. The summed E-state index contributed by atoms with van der Waals surface area (Å²) < 4.78 is 44.1. The van der Waals surface area contributed by atoms with E-state index in [9.17, 15) is 13.2 Å². The van der Waals surface area contributed by atoms with Crippen LogP contribution in [0.15, 0.2) is 24.3 Å². The van der Waals surface area contributed by atoms with E-state index in [4.69, 9.17) is 4.74 Å². The van der Waals surface area contributed by atoms with E-state index in [1.165, 1.54) is 89.2 Å². The number of rotatable bonds is 8. The van der Waals surface area contributed by atoms with Gasteiger partial charge < -0.3 is 4.74 Å². The Morgan fingerprint density at radius 1 is 0.842 bits per heavy atom. The van der Waals surface area contributed by atoms with Crippen molar-refractivity contribution in [1.82, 2.24) is 0 Å². The van der Waals surface area contributed by atoms with Crippen molar-refractivity contribution < 1.29 is 17.9 Å². The summed E-state index contributed by atoms with van der Waals surface area (Å²) in [6.07, 6.45) is 14.0. The average molecular weight is 533 g/mol. The van der Waals surface area contributed by atoms with Gasteiger partial charge in [0.25, 0.3) is 0 Å². The third kappa shape index (κ3) is 5.40. The number of benzene rings is 1. The Balaban J connectivity index is 1.09. The second-order valence-electron chi connectivity index (χ2n) is 14.5. The van der Waals surface area contributed by atoms with Crippen molar-refractivity contribution in [3.05, 3.63) is 29.8 Å². The summed E-state index contributed by atoms with van der Waals surface area (Å²) in [4.78, 5) is 0. The van der Waals surface area contributed by atoms with Crippen LogP contribution in [0, 0.1) is 52.3 Å². The zero-order valence-electron chi connectivity index (χ0n) is 24.3. The molecule has 0 aliphatic heterocycles. The minimum absolute atomic E-state index is 0.401. The van der Waals surface area contributed by atoms with Crippen LogP contribution >= 0.6 is 0 Å². The second-order valence-corrected chi connectivity index (χ2v) is 14.5. The van der Waals surface area contributed by atoms with Crippen LogP contribution in [0.25, 0.3) is 0 Å². The first-order valence-electron chi connectivity index (χ1n) is 15.8. The molecule has 9 atom stereocenters. The molecule has 0 radical (unpaired) electrons. The predicted molar refractivity (Wildman–Crippen MR) is 149 cm³/mol. The van der Waals surface area contributed by atoms with E-state index in [1.807, 2.05) is 0 Å². The fourth-order valence-electron chi connectivity index (χ4n) is 10.3. The zero-order valence-corrected chi connectivity index (χ0v) is 24.3. The van der Waals surface area contributed by atoms with Crippen LogP contribution in [0.3, 0.4) is 0 Å². The Morgan fingerprint density at radius 2 is 1.58 bits per heavy atom. The van der Waals surface area contributed by atoms with Crippen molar-refractivity contribution in [2.24, 2.45) is 52.3 Å². The molecule has 4 fully saturated rings. The number of alkyl halides is 3. The summed E-state index contributed by atoms with van der Waals surface area (Å²) >= 11 is 0. The molecule has 0 amide bonds. The molecule has 5 rings (SSSR count). The monoisotopic (exact) mass is 532 g/mol. The molecule has 4 heteroatoms. The molecule has 38 heavy (non-hydrogen) atoms. The molecule has 0 N–H and O–H groups in total. The summed E-state index contributed by atoms with van der Waals surface area (Å²) in [6.45, 7) is 10.6. The van der Waals surface area contributed by atoms with Gasteiger partial charge >= 0.3 is 6.18 Å². The maximum atomic E-state index is 12.8. The normalized spacial score (nSPS) is 38.6. The molecule has 4 saturated carbocycles. The Bertz CT molecular complexity index is 925. The quantitative estimate of drug-likeness (QED) is 0.323. The van der Waals surface area contributed by atoms with Gasteiger partial charge in [0.2, 0.25) is 0 Å². The van der Waals surface area contributed by atoms with Crippen molar-refractivity contribution >= 4 is 0 Å². The molecule has 0 aromatic heterocycles. The summed E-state index contributed by atoms with van der Waals surface area (Å²) in [5, 5.41) is 0. The molecule has 214 valence electrons. The summed E-state index contributed by atoms with van der Waals surface area (Å²) in [5.74, 6) is 6.47. The molecule has 2 unspecified atom stereocenters. The van der Waals surface area contributed by atoms with Crippen LogP contribution in [0.2, 0.25) is 0 Å². The average Bonchev–Trinajstić information content (AvgIpc) is 3.24. The molecule has 0 saturated heterocycles. The molecule has 4 aliphatic rings. The third-order valence-electron chi connectivity index (χ3n) is 12.4. The van der Waals surface area contributed by atoms with Crippen molar-refractivity contribution in [3.8, 4) is 5.75 Å². The Kier molecular flexibility index (Phi) is 8.20. The Hall–Kier alpha value is -1.19. The maximum Gasteiger partial charge on any atom is 0.416 e. The van der Waals surface area contributed by atoms with Crippen LogP contribution in [-0.4, -0.2) is 6.61 Å². The van der Waals surface area contributed by atoms with E-state index >= 15 is 0 Å². The van der Waals surface area contributed by atoms with E-state index in [0.29, 0.717) is 29.1 Å². The van der Waals surface area contributed by atoms with E-state index in [2.05, 4.69) is 27.7 Å². The smallest absolute Gasteiger partial charge is 0.416 e. The highest BCUT2D eigenvalue weighted by Crippen LogP contribution is 2.68. The Morgan fingerprint density at radius 3 is 2.32 bits per heavy atom. The van der Waals surface area contributed by atoms with Gasteiger partial charge in [-0.25, -0.2) is 0 Å². The zero-order chi connectivity index (χ0) is 27.1. The highest BCUT2D eigenvalue weighted by Gasteiger charge is 2.60. The van der Waals surface area contributed by atoms with Crippen molar-refractivity contribution in [2.75, 3.05) is 6.61 Å². The highest BCUT2D eigenvalue weighted by atomic mass is 19.4. The molecular formula is C34H51F3O. The van der Waals surface area contributed by atoms with Crippen molar-refractivity contribution in [3.63, 3.8) is 0 Å². The minimum atomic E-state index is -4.30. The van der Waals surface area contributed by atoms with Gasteiger partial charge in [0.15, 0.2) is 0 Å². The van der Waals surface area contributed by atoms with Gasteiger partial charge in [0, 0.05) is 0 Å². The van der Waals surface area contributed by atoms with Crippen LogP contribution in [-0.2, 0) is 6.18 Å². The van der Waals surface area contributed by atoms with Crippen molar-refractivity contribution in [2.45, 2.75) is 117 Å². The largest absolute Gasteiger partial charge is 0.493 e.